The van der Waals surface area contributed by atoms with Gasteiger partial charge in [-0.2, -0.15) is 0 Å². The van der Waals surface area contributed by atoms with E-state index in [0.717, 1.165) is 44.2 Å². The van der Waals surface area contributed by atoms with Gasteiger partial charge in [-0.3, -0.25) is 0 Å². The highest BCUT2D eigenvalue weighted by molar-refractivity contribution is 5.96. The van der Waals surface area contributed by atoms with Crippen molar-refractivity contribution >= 4 is 34.3 Å². The maximum atomic E-state index is 4.36. The molecule has 288 valence electrons. The third-order valence-corrected chi connectivity index (χ3v) is 13.1. The Labute approximate surface area is 341 Å². The third kappa shape index (κ3) is 6.74. The zero-order valence-corrected chi connectivity index (χ0v) is 34.9. The van der Waals surface area contributed by atoms with Gasteiger partial charge in [-0.25, -0.2) is 0 Å². The second kappa shape index (κ2) is 15.7. The molecule has 0 amide bonds. The van der Waals surface area contributed by atoms with Crippen molar-refractivity contribution in [1.82, 2.24) is 4.57 Å². The molecule has 0 saturated heterocycles. The van der Waals surface area contributed by atoms with Gasteiger partial charge in [0.15, 0.2) is 0 Å². The van der Waals surface area contributed by atoms with Crippen molar-refractivity contribution < 1.29 is 0 Å². The number of anilines is 1. The van der Waals surface area contributed by atoms with Crippen molar-refractivity contribution in [3.63, 3.8) is 0 Å². The molecule has 1 aliphatic heterocycles. The molecule has 0 N–H and O–H groups in total. The molecule has 3 aromatic carbocycles. The predicted molar refractivity (Wildman–Crippen MR) is 248 cm³/mol. The molecule has 0 spiro atoms. The van der Waals surface area contributed by atoms with Crippen LogP contribution in [0.4, 0.5) is 5.69 Å². The number of nitrogens with zero attached hydrogens (tertiary/aromatic N) is 2. The lowest BCUT2D eigenvalue weighted by Crippen LogP contribution is -2.29. The summed E-state index contributed by atoms with van der Waals surface area (Å²) in [6.07, 6.45) is 33.3. The lowest BCUT2D eigenvalue weighted by Gasteiger charge is -2.39. The van der Waals surface area contributed by atoms with Crippen LogP contribution in [0.25, 0.3) is 34.3 Å². The summed E-state index contributed by atoms with van der Waals surface area (Å²) in [4.78, 5) is 2.50. The molecular formula is C55H58N2. The van der Waals surface area contributed by atoms with Crippen LogP contribution in [-0.2, 0) is 5.41 Å². The molecule has 4 aromatic rings. The maximum Gasteiger partial charge on any atom is 0.0541 e. The Balaban J connectivity index is 1.15. The fourth-order valence-corrected chi connectivity index (χ4v) is 9.85. The number of rotatable bonds is 10. The van der Waals surface area contributed by atoms with E-state index < -0.39 is 0 Å². The van der Waals surface area contributed by atoms with Gasteiger partial charge in [0.05, 0.1) is 11.2 Å². The molecule has 57 heavy (non-hydrogen) atoms. The molecular weight excluding hydrogens is 689 g/mol. The molecule has 0 fully saturated rings. The van der Waals surface area contributed by atoms with Gasteiger partial charge in [-0.1, -0.05) is 131 Å². The molecule has 0 bridgehead atoms. The molecule has 1 aromatic heterocycles. The summed E-state index contributed by atoms with van der Waals surface area (Å²) < 4.78 is 2.43. The van der Waals surface area contributed by atoms with E-state index >= 15 is 0 Å². The van der Waals surface area contributed by atoms with Crippen molar-refractivity contribution in [2.24, 2.45) is 0 Å². The lowest BCUT2D eigenvalue weighted by molar-refractivity contribution is 0.539. The molecule has 0 saturated carbocycles. The fraction of sp³-hybridized carbons (Fsp3) is 0.273. The van der Waals surface area contributed by atoms with Crippen LogP contribution in [0.1, 0.15) is 125 Å². The van der Waals surface area contributed by atoms with E-state index in [0.29, 0.717) is 11.8 Å². The van der Waals surface area contributed by atoms with E-state index in [1.54, 1.807) is 0 Å². The molecule has 1 unspecified atom stereocenters. The number of benzene rings is 3. The van der Waals surface area contributed by atoms with Gasteiger partial charge < -0.3 is 9.47 Å². The Morgan fingerprint density at radius 3 is 2.63 bits per heavy atom. The topological polar surface area (TPSA) is 8.17 Å². The zero-order chi connectivity index (χ0) is 39.8. The van der Waals surface area contributed by atoms with E-state index in [1.807, 2.05) is 12.2 Å². The number of aromatic nitrogens is 1. The Kier molecular flexibility index (Phi) is 10.6. The summed E-state index contributed by atoms with van der Waals surface area (Å²) in [5.74, 6) is 0.727. The molecule has 0 radical (unpaired) electrons. The van der Waals surface area contributed by atoms with E-state index in [4.69, 9.17) is 0 Å². The SMILES string of the molecule is C=C/C=C1\CC(C[C@@H](C)c2ccc3c(c2)c(/C=C\C)c(C=C)n3-c2ccc3c(c2)C(C)(C)C(C)=C3/C=C\CC)c2ccccc2N1C1=CCC=C2CCC=CC2=C1. The standard InChI is InChI=1S/C55H58N2/c1-9-13-25-46-38(6)55(7,8)51-36-45(29-30-48(46)51)57-52(12-4)49(20-11-3)50-35-40(28-31-54(50)57)37(5)32-42-34-43(19-10-2)56(53-27-17-16-26-47(42)53)44-24-18-23-39-21-14-15-22-41(39)33-44/h10-13,15-17,19-20,22-31,33,35-37,42H,2,4,9,14,18,21,32,34H2,1,3,5-8H3/b20-11-,25-13-,43-19+/t37-,42?/m1/s1. The molecule has 2 nitrogen and oxygen atoms in total. The third-order valence-electron chi connectivity index (χ3n) is 13.1. The minimum Gasteiger partial charge on any atom is -0.314 e. The number of hydrogen-bond donors (Lipinski definition) is 0. The van der Waals surface area contributed by atoms with Crippen LogP contribution < -0.4 is 4.90 Å². The average Bonchev–Trinajstić information content (AvgIpc) is 3.49. The summed E-state index contributed by atoms with van der Waals surface area (Å²) in [5.41, 5.74) is 19.7. The van der Waals surface area contributed by atoms with Gasteiger partial charge in [-0.15, -0.1) is 0 Å². The molecule has 2 heterocycles. The van der Waals surface area contributed by atoms with Crippen molar-refractivity contribution in [2.45, 2.75) is 97.3 Å². The predicted octanol–water partition coefficient (Wildman–Crippen LogP) is 15.4. The van der Waals surface area contributed by atoms with Crippen LogP contribution >= 0.6 is 0 Å². The number of fused-ring (bicyclic) bond motifs is 4. The first-order chi connectivity index (χ1) is 27.7. The smallest absolute Gasteiger partial charge is 0.0541 e. The summed E-state index contributed by atoms with van der Waals surface area (Å²) in [6.45, 7) is 22.3. The largest absolute Gasteiger partial charge is 0.314 e. The first kappa shape index (κ1) is 38.3. The van der Waals surface area contributed by atoms with Crippen LogP contribution in [0.5, 0.6) is 0 Å². The Morgan fingerprint density at radius 2 is 1.84 bits per heavy atom. The van der Waals surface area contributed by atoms with Crippen molar-refractivity contribution in [2.75, 3.05) is 4.90 Å². The zero-order valence-electron chi connectivity index (χ0n) is 34.9. The molecule has 2 heteroatoms. The minimum absolute atomic E-state index is 0.0440. The molecule has 3 aliphatic carbocycles. The highest BCUT2D eigenvalue weighted by Gasteiger charge is 2.35. The second-order valence-electron chi connectivity index (χ2n) is 16.8. The first-order valence-corrected chi connectivity index (χ1v) is 21.1. The summed E-state index contributed by atoms with van der Waals surface area (Å²) in [5, 5.41) is 1.27. The van der Waals surface area contributed by atoms with Gasteiger partial charge in [-0.05, 0) is 152 Å². The van der Waals surface area contributed by atoms with E-state index in [1.165, 1.54) is 83.8 Å². The van der Waals surface area contributed by atoms with Crippen LogP contribution in [-0.4, -0.2) is 4.57 Å². The highest BCUT2D eigenvalue weighted by Crippen LogP contribution is 2.49. The van der Waals surface area contributed by atoms with Gasteiger partial charge in [0, 0.05) is 39.1 Å². The van der Waals surface area contributed by atoms with Gasteiger partial charge >= 0.3 is 0 Å². The lowest BCUT2D eigenvalue weighted by atomic mass is 9.79. The van der Waals surface area contributed by atoms with Crippen LogP contribution in [0.2, 0.25) is 0 Å². The van der Waals surface area contributed by atoms with Crippen molar-refractivity contribution in [1.29, 1.82) is 0 Å². The summed E-state index contributed by atoms with van der Waals surface area (Å²) >= 11 is 0. The van der Waals surface area contributed by atoms with Crippen molar-refractivity contribution in [3.05, 3.63) is 196 Å². The van der Waals surface area contributed by atoms with Crippen LogP contribution in [0.3, 0.4) is 0 Å². The molecule has 2 atom stereocenters. The van der Waals surface area contributed by atoms with Crippen LogP contribution in [0, 0.1) is 0 Å². The Morgan fingerprint density at radius 1 is 1.00 bits per heavy atom. The number of para-hydroxylation sites is 1. The normalized spacial score (nSPS) is 20.0. The van der Waals surface area contributed by atoms with Gasteiger partial charge in [0.25, 0.3) is 0 Å². The maximum absolute atomic E-state index is 4.36. The van der Waals surface area contributed by atoms with Gasteiger partial charge in [0.1, 0.15) is 0 Å². The second-order valence-corrected chi connectivity index (χ2v) is 16.8. The van der Waals surface area contributed by atoms with Crippen molar-refractivity contribution in [3.8, 4) is 5.69 Å². The average molecular weight is 747 g/mol. The summed E-state index contributed by atoms with van der Waals surface area (Å²) in [6, 6.07) is 23.3. The Bertz CT molecular complexity index is 2530. The first-order valence-electron chi connectivity index (χ1n) is 21.1. The van der Waals surface area contributed by atoms with E-state index in [9.17, 15) is 0 Å². The van der Waals surface area contributed by atoms with E-state index in [2.05, 4.69) is 186 Å². The molecule has 4 aliphatic rings. The summed E-state index contributed by atoms with van der Waals surface area (Å²) in [7, 11) is 0. The number of allylic oxidation sites excluding steroid dienone is 15. The van der Waals surface area contributed by atoms with E-state index in [-0.39, 0.29) is 5.41 Å². The highest BCUT2D eigenvalue weighted by atomic mass is 15.2. The monoisotopic (exact) mass is 746 g/mol. The fourth-order valence-electron chi connectivity index (χ4n) is 9.85. The molecule has 8 rings (SSSR count). The number of hydrogen-bond acceptors (Lipinski definition) is 1. The van der Waals surface area contributed by atoms with Crippen LogP contribution in [0.15, 0.2) is 163 Å². The minimum atomic E-state index is -0.0440. The Hall–Kier alpha value is -5.60. The van der Waals surface area contributed by atoms with Gasteiger partial charge in [0.2, 0.25) is 0 Å². The quantitative estimate of drug-likeness (QED) is 0.157.